The Balaban J connectivity index is 1.85. The van der Waals surface area contributed by atoms with Crippen molar-refractivity contribution in [2.45, 2.75) is 30.7 Å². The number of sulfonamides is 1. The Kier molecular flexibility index (Phi) is 5.62. The number of anilines is 2. The molecular weight excluding hydrogens is 368 g/mol. The summed E-state index contributed by atoms with van der Waals surface area (Å²) < 4.78 is 23.2. The third-order valence-electron chi connectivity index (χ3n) is 4.60. The van der Waals surface area contributed by atoms with Gasteiger partial charge in [-0.15, -0.1) is 0 Å². The van der Waals surface area contributed by atoms with Gasteiger partial charge in [0.25, 0.3) is 5.69 Å². The molecule has 2 aromatic rings. The van der Waals surface area contributed by atoms with E-state index >= 15 is 0 Å². The molecule has 0 spiro atoms. The van der Waals surface area contributed by atoms with Gasteiger partial charge >= 0.3 is 0 Å². The average Bonchev–Trinajstić information content (AvgIpc) is 2.66. The molecule has 0 atom stereocenters. The number of nitro groups is 1. The van der Waals surface area contributed by atoms with Gasteiger partial charge in [-0.1, -0.05) is 18.2 Å². The maximum atomic E-state index is 11.6. The van der Waals surface area contributed by atoms with Gasteiger partial charge in [-0.3, -0.25) is 10.1 Å². The highest BCUT2D eigenvalue weighted by atomic mass is 32.2. The van der Waals surface area contributed by atoms with Crippen LogP contribution in [0.25, 0.3) is 0 Å². The minimum Gasteiger partial charge on any atom is -0.381 e. The Morgan fingerprint density at radius 2 is 1.81 bits per heavy atom. The SMILES string of the molecule is NS(=O)(=O)c1cc(NCc2ccccc2N2CCCCC2)cc([N+](=O)[O-])c1. The number of para-hydroxylation sites is 1. The predicted molar refractivity (Wildman–Crippen MR) is 104 cm³/mol. The van der Waals surface area contributed by atoms with Gasteiger partial charge in [0.1, 0.15) is 0 Å². The maximum absolute atomic E-state index is 11.6. The Hall–Kier alpha value is -2.65. The number of benzene rings is 2. The van der Waals surface area contributed by atoms with Crippen molar-refractivity contribution in [1.29, 1.82) is 0 Å². The molecule has 1 fully saturated rings. The molecule has 27 heavy (non-hydrogen) atoms. The molecule has 0 saturated carbocycles. The molecule has 3 rings (SSSR count). The molecule has 144 valence electrons. The van der Waals surface area contributed by atoms with E-state index in [0.717, 1.165) is 43.2 Å². The molecule has 0 aliphatic carbocycles. The van der Waals surface area contributed by atoms with Gasteiger partial charge < -0.3 is 10.2 Å². The summed E-state index contributed by atoms with van der Waals surface area (Å²) in [6, 6.07) is 11.6. The number of hydrogen-bond donors (Lipinski definition) is 2. The number of primary sulfonamides is 1. The molecule has 0 unspecified atom stereocenters. The molecule has 9 heteroatoms. The molecule has 0 amide bonds. The second kappa shape index (κ2) is 7.93. The van der Waals surface area contributed by atoms with Crippen molar-refractivity contribution < 1.29 is 13.3 Å². The molecular formula is C18H22N4O4S. The number of piperidine rings is 1. The predicted octanol–water partition coefficient (Wildman–Crippen LogP) is 2.84. The molecule has 1 heterocycles. The number of nitrogens with zero attached hydrogens (tertiary/aromatic N) is 2. The minimum absolute atomic E-state index is 0.288. The van der Waals surface area contributed by atoms with Gasteiger partial charge in [0.15, 0.2) is 0 Å². The number of rotatable bonds is 6. The summed E-state index contributed by atoms with van der Waals surface area (Å²) in [7, 11) is -4.04. The van der Waals surface area contributed by atoms with E-state index in [1.54, 1.807) is 0 Å². The van der Waals surface area contributed by atoms with Crippen molar-refractivity contribution in [2.75, 3.05) is 23.3 Å². The second-order valence-electron chi connectivity index (χ2n) is 6.55. The van der Waals surface area contributed by atoms with Crippen LogP contribution in [0.3, 0.4) is 0 Å². The van der Waals surface area contributed by atoms with E-state index in [1.165, 1.54) is 18.6 Å². The van der Waals surface area contributed by atoms with Crippen LogP contribution in [0.2, 0.25) is 0 Å². The molecule has 0 radical (unpaired) electrons. The maximum Gasteiger partial charge on any atom is 0.272 e. The zero-order valence-electron chi connectivity index (χ0n) is 14.8. The summed E-state index contributed by atoms with van der Waals surface area (Å²) in [6.07, 6.45) is 3.55. The quantitative estimate of drug-likeness (QED) is 0.578. The van der Waals surface area contributed by atoms with E-state index in [4.69, 9.17) is 5.14 Å². The summed E-state index contributed by atoms with van der Waals surface area (Å²) in [6.45, 7) is 2.42. The fraction of sp³-hybridized carbons (Fsp3) is 0.333. The first kappa shape index (κ1) is 19.1. The van der Waals surface area contributed by atoms with Gasteiger partial charge in [0, 0.05) is 43.1 Å². The van der Waals surface area contributed by atoms with Crippen molar-refractivity contribution in [3.8, 4) is 0 Å². The second-order valence-corrected chi connectivity index (χ2v) is 8.11. The summed E-state index contributed by atoms with van der Waals surface area (Å²) in [4.78, 5) is 12.5. The lowest BCUT2D eigenvalue weighted by Gasteiger charge is -2.30. The van der Waals surface area contributed by atoms with Crippen LogP contribution >= 0.6 is 0 Å². The zero-order valence-corrected chi connectivity index (χ0v) is 15.6. The number of nitro benzene ring substituents is 1. The molecule has 3 N–H and O–H groups in total. The zero-order chi connectivity index (χ0) is 19.4. The smallest absolute Gasteiger partial charge is 0.272 e. The summed E-state index contributed by atoms with van der Waals surface area (Å²) >= 11 is 0. The number of nitrogens with one attached hydrogen (secondary N) is 1. The third kappa shape index (κ3) is 4.75. The Bertz CT molecular complexity index is 940. The van der Waals surface area contributed by atoms with Crippen LogP contribution in [0.15, 0.2) is 47.4 Å². The highest BCUT2D eigenvalue weighted by Crippen LogP contribution is 2.27. The highest BCUT2D eigenvalue weighted by Gasteiger charge is 2.17. The lowest BCUT2D eigenvalue weighted by atomic mass is 10.1. The summed E-state index contributed by atoms with van der Waals surface area (Å²) in [5.41, 5.74) is 2.18. The Morgan fingerprint density at radius 1 is 1.11 bits per heavy atom. The molecule has 8 nitrogen and oxygen atoms in total. The lowest BCUT2D eigenvalue weighted by Crippen LogP contribution is -2.30. The highest BCUT2D eigenvalue weighted by molar-refractivity contribution is 7.89. The molecule has 1 aliphatic rings. The number of non-ortho nitro benzene ring substituents is 1. The van der Waals surface area contributed by atoms with Crippen molar-refractivity contribution in [3.05, 3.63) is 58.1 Å². The fourth-order valence-electron chi connectivity index (χ4n) is 3.26. The van der Waals surface area contributed by atoms with Crippen molar-refractivity contribution in [3.63, 3.8) is 0 Å². The van der Waals surface area contributed by atoms with Crippen LogP contribution in [-0.4, -0.2) is 26.4 Å². The lowest BCUT2D eigenvalue weighted by molar-refractivity contribution is -0.385. The minimum atomic E-state index is -4.04. The van der Waals surface area contributed by atoms with Crippen LogP contribution in [0, 0.1) is 10.1 Å². The topological polar surface area (TPSA) is 119 Å². The van der Waals surface area contributed by atoms with Gasteiger partial charge in [0.2, 0.25) is 10.0 Å². The van der Waals surface area contributed by atoms with Crippen LogP contribution in [0.5, 0.6) is 0 Å². The van der Waals surface area contributed by atoms with Crippen molar-refractivity contribution >= 4 is 27.1 Å². The van der Waals surface area contributed by atoms with E-state index in [9.17, 15) is 18.5 Å². The van der Waals surface area contributed by atoms with Crippen molar-refractivity contribution in [2.24, 2.45) is 5.14 Å². The molecule has 0 bridgehead atoms. The van der Waals surface area contributed by atoms with Crippen molar-refractivity contribution in [1.82, 2.24) is 0 Å². The van der Waals surface area contributed by atoms with Gasteiger partial charge in [-0.25, -0.2) is 13.6 Å². The molecule has 1 aliphatic heterocycles. The van der Waals surface area contributed by atoms with E-state index in [2.05, 4.69) is 16.3 Å². The van der Waals surface area contributed by atoms with Gasteiger partial charge in [-0.05, 0) is 37.0 Å². The van der Waals surface area contributed by atoms with E-state index in [-0.39, 0.29) is 10.6 Å². The largest absolute Gasteiger partial charge is 0.381 e. The standard InChI is InChI=1S/C18H22N4O4S/c19-27(25,26)17-11-15(10-16(12-17)22(23)24)20-13-14-6-2-3-7-18(14)21-8-4-1-5-9-21/h2-3,6-7,10-12,20H,1,4-5,8-9,13H2,(H2,19,25,26). The van der Waals surface area contributed by atoms with Gasteiger partial charge in [0.05, 0.1) is 9.82 Å². The monoisotopic (exact) mass is 390 g/mol. The van der Waals surface area contributed by atoms with Crippen LogP contribution in [0.4, 0.5) is 17.1 Å². The molecule has 1 saturated heterocycles. The van der Waals surface area contributed by atoms with E-state index in [1.807, 2.05) is 18.2 Å². The first-order valence-corrected chi connectivity index (χ1v) is 10.3. The summed E-state index contributed by atoms with van der Waals surface area (Å²) in [5, 5.41) is 19.3. The Morgan fingerprint density at radius 3 is 2.48 bits per heavy atom. The van der Waals surface area contributed by atoms with E-state index < -0.39 is 14.9 Å². The average molecular weight is 390 g/mol. The summed E-state index contributed by atoms with van der Waals surface area (Å²) in [5.74, 6) is 0. The fourth-order valence-corrected chi connectivity index (χ4v) is 3.83. The molecule has 2 aromatic carbocycles. The molecule has 0 aromatic heterocycles. The Labute approximate surface area is 158 Å². The number of hydrogen-bond acceptors (Lipinski definition) is 6. The first-order chi connectivity index (χ1) is 12.8. The number of nitrogens with two attached hydrogens (primary N) is 1. The third-order valence-corrected chi connectivity index (χ3v) is 5.49. The van der Waals surface area contributed by atoms with Gasteiger partial charge in [-0.2, -0.15) is 0 Å². The van der Waals surface area contributed by atoms with Crippen LogP contribution in [0.1, 0.15) is 24.8 Å². The first-order valence-electron chi connectivity index (χ1n) is 8.73. The normalized spacial score (nSPS) is 14.8. The van der Waals surface area contributed by atoms with Crippen LogP contribution < -0.4 is 15.4 Å². The van der Waals surface area contributed by atoms with Crippen LogP contribution in [-0.2, 0) is 16.6 Å². The van der Waals surface area contributed by atoms with E-state index in [0.29, 0.717) is 12.2 Å².